The number of carbonyl (C=O) groups excluding carboxylic acids is 2. The van der Waals surface area contributed by atoms with Gasteiger partial charge in [-0.25, -0.2) is 9.48 Å². The molecule has 4 aliphatic rings. The SMILES string of the molecule is O=Cc1cc2nnn(CCCN3CC4(CC(OC(=O)[C@](O)(c5cccs5)C5Cc6ccccc6S5)C4)C3)c2c2c1CCC2. The Hall–Kier alpha value is -3.05. The molecule has 4 aromatic rings. The van der Waals surface area contributed by atoms with Crippen LogP contribution in [0.15, 0.2) is 52.7 Å². The molecule has 43 heavy (non-hydrogen) atoms. The van der Waals surface area contributed by atoms with Crippen LogP contribution in [0.3, 0.4) is 0 Å². The molecule has 2 aliphatic carbocycles. The first-order chi connectivity index (χ1) is 21.0. The number of fused-ring (bicyclic) bond motifs is 4. The fourth-order valence-corrected chi connectivity index (χ4v) is 10.2. The second-order valence-corrected chi connectivity index (χ2v) is 14.9. The van der Waals surface area contributed by atoms with Crippen LogP contribution in [0.5, 0.6) is 0 Å². The predicted octanol–water partition coefficient (Wildman–Crippen LogP) is 4.80. The molecule has 0 bridgehead atoms. The number of likely N-dealkylation sites (tertiary alicyclic amines) is 1. The molecule has 1 saturated carbocycles. The van der Waals surface area contributed by atoms with Crippen LogP contribution in [0.25, 0.3) is 11.0 Å². The minimum Gasteiger partial charge on any atom is -0.460 e. The standard InChI is InChI=1S/C33H34N4O4S2/c38-18-22-14-26-30(25-8-3-7-24(22)25)37(35-34-26)12-5-11-36-19-32(20-36)16-23(17-32)41-31(39)33(40,28-10-4-13-42-28)29-15-21-6-1-2-9-27(21)43-29/h1-2,4,6,9-10,13-14,18,23,29,40H,3,5,7-8,11-12,15-17,19-20H2/t29?,33-/m0/s1. The smallest absolute Gasteiger partial charge is 0.345 e. The van der Waals surface area contributed by atoms with Crippen molar-refractivity contribution in [2.45, 2.75) is 73.3 Å². The van der Waals surface area contributed by atoms with E-state index in [1.165, 1.54) is 28.0 Å². The second-order valence-electron chi connectivity index (χ2n) is 12.7. The molecule has 2 atom stereocenters. The van der Waals surface area contributed by atoms with Crippen LogP contribution in [0.4, 0.5) is 0 Å². The van der Waals surface area contributed by atoms with E-state index < -0.39 is 11.6 Å². The number of thioether (sulfide) groups is 1. The van der Waals surface area contributed by atoms with Gasteiger partial charge in [0.15, 0.2) is 0 Å². The molecule has 0 radical (unpaired) electrons. The fourth-order valence-electron chi connectivity index (χ4n) is 7.85. The van der Waals surface area contributed by atoms with Crippen LogP contribution in [-0.4, -0.2) is 68.2 Å². The van der Waals surface area contributed by atoms with E-state index in [1.54, 1.807) is 11.8 Å². The van der Waals surface area contributed by atoms with Gasteiger partial charge in [-0.2, -0.15) is 0 Å². The summed E-state index contributed by atoms with van der Waals surface area (Å²) in [6, 6.07) is 13.8. The normalized spacial score (nSPS) is 22.1. The average Bonchev–Trinajstić information content (AvgIpc) is 3.79. The third-order valence-electron chi connectivity index (χ3n) is 9.91. The van der Waals surface area contributed by atoms with Crippen molar-refractivity contribution in [1.82, 2.24) is 19.9 Å². The molecule has 4 heterocycles. The fraction of sp³-hybridized carbons (Fsp3) is 0.455. The highest BCUT2D eigenvalue weighted by molar-refractivity contribution is 8.00. The van der Waals surface area contributed by atoms with Gasteiger partial charge in [0.25, 0.3) is 0 Å². The number of nitrogens with zero attached hydrogens (tertiary/aromatic N) is 4. The zero-order valence-electron chi connectivity index (χ0n) is 23.9. The van der Waals surface area contributed by atoms with Gasteiger partial charge in [-0.3, -0.25) is 4.79 Å². The summed E-state index contributed by atoms with van der Waals surface area (Å²) in [5.41, 5.74) is 4.85. The summed E-state index contributed by atoms with van der Waals surface area (Å²) in [6.07, 6.45) is 7.15. The Balaban J connectivity index is 0.850. The molecule has 2 aromatic heterocycles. The van der Waals surface area contributed by atoms with Crippen LogP contribution in [0.2, 0.25) is 0 Å². The van der Waals surface area contributed by atoms with Gasteiger partial charge >= 0.3 is 5.97 Å². The molecule has 2 aliphatic heterocycles. The Morgan fingerprint density at radius 2 is 1.98 bits per heavy atom. The number of rotatable bonds is 9. The molecule has 8 rings (SSSR count). The topological polar surface area (TPSA) is 97.5 Å². The summed E-state index contributed by atoms with van der Waals surface area (Å²) < 4.78 is 8.05. The summed E-state index contributed by atoms with van der Waals surface area (Å²) in [5, 5.41) is 22.3. The summed E-state index contributed by atoms with van der Waals surface area (Å²) in [5.74, 6) is -0.511. The van der Waals surface area contributed by atoms with Crippen molar-refractivity contribution in [1.29, 1.82) is 0 Å². The van der Waals surface area contributed by atoms with Crippen molar-refractivity contribution in [3.63, 3.8) is 0 Å². The summed E-state index contributed by atoms with van der Waals surface area (Å²) >= 11 is 2.99. The zero-order chi connectivity index (χ0) is 29.2. The van der Waals surface area contributed by atoms with Gasteiger partial charge in [-0.1, -0.05) is 29.5 Å². The van der Waals surface area contributed by atoms with E-state index >= 15 is 0 Å². The van der Waals surface area contributed by atoms with Crippen LogP contribution < -0.4 is 0 Å². The molecule has 2 fully saturated rings. The number of aldehydes is 1. The number of thiophene rings is 1. The summed E-state index contributed by atoms with van der Waals surface area (Å²) in [7, 11) is 0. The monoisotopic (exact) mass is 614 g/mol. The molecule has 1 unspecified atom stereocenters. The average molecular weight is 615 g/mol. The molecule has 1 spiro atoms. The maximum Gasteiger partial charge on any atom is 0.345 e. The van der Waals surface area contributed by atoms with Crippen LogP contribution in [-0.2, 0) is 40.9 Å². The second kappa shape index (κ2) is 10.5. The number of aryl methyl sites for hydroxylation is 2. The van der Waals surface area contributed by atoms with Crippen molar-refractivity contribution in [3.05, 3.63) is 75.0 Å². The third-order valence-corrected chi connectivity index (χ3v) is 12.3. The van der Waals surface area contributed by atoms with Gasteiger partial charge in [-0.05, 0) is 91.8 Å². The van der Waals surface area contributed by atoms with Gasteiger partial charge in [0, 0.05) is 40.4 Å². The van der Waals surface area contributed by atoms with Crippen molar-refractivity contribution in [2.75, 3.05) is 19.6 Å². The van der Waals surface area contributed by atoms with Gasteiger partial charge in [0.05, 0.1) is 10.8 Å². The number of aliphatic hydroxyl groups is 1. The Kier molecular flexibility index (Phi) is 6.74. The van der Waals surface area contributed by atoms with E-state index in [0.717, 1.165) is 92.5 Å². The minimum absolute atomic E-state index is 0.144. The Morgan fingerprint density at radius 3 is 2.77 bits per heavy atom. The first-order valence-corrected chi connectivity index (χ1v) is 17.0. The lowest BCUT2D eigenvalue weighted by Gasteiger charge is -2.58. The molecular weight excluding hydrogens is 581 g/mol. The molecule has 222 valence electrons. The van der Waals surface area contributed by atoms with E-state index in [2.05, 4.69) is 27.3 Å². The van der Waals surface area contributed by atoms with E-state index in [4.69, 9.17) is 4.74 Å². The highest BCUT2D eigenvalue weighted by Gasteiger charge is 2.56. The predicted molar refractivity (Wildman–Crippen MR) is 166 cm³/mol. The lowest BCUT2D eigenvalue weighted by atomic mass is 9.61. The lowest BCUT2D eigenvalue weighted by Crippen LogP contribution is -2.64. The Morgan fingerprint density at radius 1 is 1.14 bits per heavy atom. The molecule has 10 heteroatoms. The number of hydrogen-bond donors (Lipinski definition) is 1. The van der Waals surface area contributed by atoms with Gasteiger partial charge < -0.3 is 14.7 Å². The number of carbonyl (C=O) groups is 2. The van der Waals surface area contributed by atoms with E-state index in [1.807, 2.05) is 40.4 Å². The maximum absolute atomic E-state index is 13.6. The quantitative estimate of drug-likeness (QED) is 0.212. The number of ether oxygens (including phenoxy) is 1. The Bertz CT molecular complexity index is 1680. The summed E-state index contributed by atoms with van der Waals surface area (Å²) in [6.45, 7) is 3.82. The van der Waals surface area contributed by atoms with E-state index in [9.17, 15) is 14.7 Å². The largest absolute Gasteiger partial charge is 0.460 e. The molecule has 1 N–H and O–H groups in total. The number of esters is 1. The van der Waals surface area contributed by atoms with E-state index in [-0.39, 0.29) is 16.8 Å². The van der Waals surface area contributed by atoms with Crippen molar-refractivity contribution >= 4 is 46.4 Å². The van der Waals surface area contributed by atoms with Crippen molar-refractivity contribution in [3.8, 4) is 0 Å². The Labute approximate surface area is 258 Å². The van der Waals surface area contributed by atoms with Crippen molar-refractivity contribution < 1.29 is 19.4 Å². The van der Waals surface area contributed by atoms with Gasteiger partial charge in [0.2, 0.25) is 5.60 Å². The van der Waals surface area contributed by atoms with Gasteiger partial charge in [0.1, 0.15) is 17.9 Å². The minimum atomic E-state index is -1.66. The lowest BCUT2D eigenvalue weighted by molar-refractivity contribution is -0.195. The van der Waals surface area contributed by atoms with Gasteiger partial charge in [-0.15, -0.1) is 28.2 Å². The van der Waals surface area contributed by atoms with Crippen LogP contribution in [0, 0.1) is 5.41 Å². The third kappa shape index (κ3) is 4.56. The first-order valence-electron chi connectivity index (χ1n) is 15.2. The van der Waals surface area contributed by atoms with Crippen LogP contribution in [0.1, 0.15) is 57.6 Å². The molecule has 1 saturated heterocycles. The van der Waals surface area contributed by atoms with E-state index in [0.29, 0.717) is 11.3 Å². The number of benzene rings is 2. The summed E-state index contributed by atoms with van der Waals surface area (Å²) in [4.78, 5) is 29.4. The zero-order valence-corrected chi connectivity index (χ0v) is 25.5. The van der Waals surface area contributed by atoms with Crippen LogP contribution >= 0.6 is 23.1 Å². The number of aromatic nitrogens is 3. The molecule has 8 nitrogen and oxygen atoms in total. The van der Waals surface area contributed by atoms with Crippen molar-refractivity contribution in [2.24, 2.45) is 5.41 Å². The number of hydrogen-bond acceptors (Lipinski definition) is 9. The maximum atomic E-state index is 13.6. The molecule has 0 amide bonds. The molecule has 2 aromatic carbocycles. The highest BCUT2D eigenvalue weighted by Crippen LogP contribution is 2.52. The highest BCUT2D eigenvalue weighted by atomic mass is 32.2. The molecular formula is C33H34N4O4S2. The first kappa shape index (κ1) is 27.5.